The highest BCUT2D eigenvalue weighted by atomic mass is 32.2. The summed E-state index contributed by atoms with van der Waals surface area (Å²) in [5.41, 5.74) is 0.0357. The van der Waals surface area contributed by atoms with Gasteiger partial charge in [0.25, 0.3) is 0 Å². The van der Waals surface area contributed by atoms with Crippen LogP contribution in [0.2, 0.25) is 0 Å². The number of carboxylic acids is 1. The second-order valence-electron chi connectivity index (χ2n) is 3.90. The first-order valence-corrected chi connectivity index (χ1v) is 5.47. The summed E-state index contributed by atoms with van der Waals surface area (Å²) < 4.78 is 0. The van der Waals surface area contributed by atoms with Crippen LogP contribution < -0.4 is 0 Å². The average molecular weight is 188 g/mol. The Morgan fingerprint density at radius 1 is 1.58 bits per heavy atom. The number of carbonyl (C=O) groups is 1. The normalized spacial score (nSPS) is 31.6. The molecule has 3 heteroatoms. The van der Waals surface area contributed by atoms with Crippen LogP contribution in [-0.4, -0.2) is 22.6 Å². The molecule has 1 saturated carbocycles. The minimum Gasteiger partial charge on any atom is -0.481 e. The van der Waals surface area contributed by atoms with Crippen LogP contribution in [0.5, 0.6) is 0 Å². The second-order valence-corrected chi connectivity index (χ2v) is 5.22. The molecule has 0 radical (unpaired) electrons. The van der Waals surface area contributed by atoms with Crippen molar-refractivity contribution in [1.29, 1.82) is 0 Å². The maximum absolute atomic E-state index is 10.7. The van der Waals surface area contributed by atoms with Crippen LogP contribution in [0.3, 0.4) is 0 Å². The molecule has 0 aromatic rings. The molecule has 0 aliphatic heterocycles. The van der Waals surface area contributed by atoms with Gasteiger partial charge in [-0.2, -0.15) is 11.8 Å². The first-order chi connectivity index (χ1) is 5.51. The Balaban J connectivity index is 2.43. The van der Waals surface area contributed by atoms with E-state index in [0.29, 0.717) is 5.92 Å². The van der Waals surface area contributed by atoms with Crippen molar-refractivity contribution in [2.24, 2.45) is 17.3 Å². The molecule has 0 heterocycles. The summed E-state index contributed by atoms with van der Waals surface area (Å²) in [6.07, 6.45) is 0. The number of rotatable bonds is 4. The zero-order valence-corrected chi connectivity index (χ0v) is 8.65. The van der Waals surface area contributed by atoms with E-state index in [9.17, 15) is 4.79 Å². The molecule has 0 amide bonds. The van der Waals surface area contributed by atoms with Crippen LogP contribution in [0.4, 0.5) is 0 Å². The fourth-order valence-corrected chi connectivity index (χ4v) is 2.90. The number of aliphatic carboxylic acids is 1. The highest BCUT2D eigenvalue weighted by Gasteiger charge is 2.61. The lowest BCUT2D eigenvalue weighted by atomic mass is 10.1. The van der Waals surface area contributed by atoms with Crippen molar-refractivity contribution in [3.8, 4) is 0 Å². The van der Waals surface area contributed by atoms with Crippen LogP contribution in [0.15, 0.2) is 0 Å². The van der Waals surface area contributed by atoms with Crippen LogP contribution in [0, 0.1) is 17.3 Å². The predicted octanol–water partition coefficient (Wildman–Crippen LogP) is 2.10. The van der Waals surface area contributed by atoms with Crippen molar-refractivity contribution >= 4 is 17.7 Å². The van der Waals surface area contributed by atoms with Crippen LogP contribution in [0.25, 0.3) is 0 Å². The number of carboxylic acid groups (broad SMARTS) is 1. The van der Waals surface area contributed by atoms with Crippen LogP contribution in [0.1, 0.15) is 20.8 Å². The van der Waals surface area contributed by atoms with Crippen molar-refractivity contribution in [2.45, 2.75) is 20.8 Å². The predicted molar refractivity (Wildman–Crippen MR) is 51.4 cm³/mol. The molecule has 0 unspecified atom stereocenters. The Kier molecular flexibility index (Phi) is 2.71. The fourth-order valence-electron chi connectivity index (χ4n) is 1.79. The van der Waals surface area contributed by atoms with Gasteiger partial charge in [0.1, 0.15) is 0 Å². The van der Waals surface area contributed by atoms with Gasteiger partial charge in [-0.25, -0.2) is 0 Å². The summed E-state index contributed by atoms with van der Waals surface area (Å²) >= 11 is 1.84. The summed E-state index contributed by atoms with van der Waals surface area (Å²) in [7, 11) is 0. The van der Waals surface area contributed by atoms with Crippen molar-refractivity contribution in [1.82, 2.24) is 0 Å². The molecule has 1 aliphatic rings. The molecule has 0 bridgehead atoms. The molecule has 1 rings (SSSR count). The number of hydrogen-bond donors (Lipinski definition) is 1. The van der Waals surface area contributed by atoms with Crippen LogP contribution in [-0.2, 0) is 4.79 Å². The molecule has 0 aromatic carbocycles. The van der Waals surface area contributed by atoms with Gasteiger partial charge < -0.3 is 5.11 Å². The Morgan fingerprint density at radius 2 is 2.17 bits per heavy atom. The summed E-state index contributed by atoms with van der Waals surface area (Å²) in [4.78, 5) is 10.7. The molecular weight excluding hydrogens is 172 g/mol. The second kappa shape index (κ2) is 3.29. The fraction of sp³-hybridized carbons (Fsp3) is 0.889. The molecule has 1 fully saturated rings. The molecule has 70 valence electrons. The van der Waals surface area contributed by atoms with Gasteiger partial charge in [0.05, 0.1) is 5.92 Å². The molecule has 0 aromatic heterocycles. The lowest BCUT2D eigenvalue weighted by Gasteiger charge is -1.99. The van der Waals surface area contributed by atoms with Gasteiger partial charge in [0.2, 0.25) is 0 Å². The van der Waals surface area contributed by atoms with E-state index in [4.69, 9.17) is 5.11 Å². The van der Waals surface area contributed by atoms with Gasteiger partial charge in [0, 0.05) is 0 Å². The largest absolute Gasteiger partial charge is 0.481 e. The Bertz CT molecular complexity index is 189. The minimum absolute atomic E-state index is 0.0357. The van der Waals surface area contributed by atoms with E-state index in [1.165, 1.54) is 0 Å². The number of thioether (sulfide) groups is 1. The summed E-state index contributed by atoms with van der Waals surface area (Å²) in [5.74, 6) is 1.75. The van der Waals surface area contributed by atoms with Gasteiger partial charge >= 0.3 is 5.97 Å². The maximum Gasteiger partial charge on any atom is 0.307 e. The lowest BCUT2D eigenvalue weighted by molar-refractivity contribution is -0.139. The van der Waals surface area contributed by atoms with Crippen molar-refractivity contribution in [2.75, 3.05) is 11.5 Å². The highest BCUT2D eigenvalue weighted by Crippen LogP contribution is 2.59. The average Bonchev–Trinajstić information content (AvgIpc) is 2.49. The van der Waals surface area contributed by atoms with E-state index in [-0.39, 0.29) is 11.3 Å². The standard InChI is InChI=1S/C9H16O2S/c1-4-12-5-6-7(8(10)11)9(6,2)3/h6-7H,4-5H2,1-3H3,(H,10,11)/t6-,7+/m1/s1. The Hall–Kier alpha value is -0.180. The first kappa shape index (κ1) is 9.90. The summed E-state index contributed by atoms with van der Waals surface area (Å²) in [5, 5.41) is 8.85. The monoisotopic (exact) mass is 188 g/mol. The van der Waals surface area contributed by atoms with Gasteiger partial charge in [0.15, 0.2) is 0 Å². The minimum atomic E-state index is -0.623. The van der Waals surface area contributed by atoms with E-state index in [2.05, 4.69) is 6.92 Å². The maximum atomic E-state index is 10.7. The highest BCUT2D eigenvalue weighted by molar-refractivity contribution is 7.99. The van der Waals surface area contributed by atoms with E-state index >= 15 is 0 Å². The van der Waals surface area contributed by atoms with Crippen molar-refractivity contribution in [3.63, 3.8) is 0 Å². The molecule has 2 atom stereocenters. The van der Waals surface area contributed by atoms with Crippen molar-refractivity contribution in [3.05, 3.63) is 0 Å². The molecular formula is C9H16O2S. The molecule has 1 N–H and O–H groups in total. The van der Waals surface area contributed by atoms with Gasteiger partial charge in [-0.05, 0) is 22.8 Å². The van der Waals surface area contributed by atoms with Gasteiger partial charge in [-0.3, -0.25) is 4.79 Å². The van der Waals surface area contributed by atoms with E-state index in [1.807, 2.05) is 25.6 Å². The topological polar surface area (TPSA) is 37.3 Å². The third-order valence-corrected chi connectivity index (χ3v) is 3.82. The van der Waals surface area contributed by atoms with E-state index < -0.39 is 5.97 Å². The zero-order valence-electron chi connectivity index (χ0n) is 7.83. The third-order valence-electron chi connectivity index (χ3n) is 2.82. The van der Waals surface area contributed by atoms with E-state index in [0.717, 1.165) is 11.5 Å². The molecule has 0 saturated heterocycles. The third kappa shape index (κ3) is 1.60. The zero-order chi connectivity index (χ0) is 9.35. The first-order valence-electron chi connectivity index (χ1n) is 4.32. The van der Waals surface area contributed by atoms with Crippen molar-refractivity contribution < 1.29 is 9.90 Å². The Morgan fingerprint density at radius 3 is 2.50 bits per heavy atom. The summed E-state index contributed by atoms with van der Waals surface area (Å²) in [6, 6.07) is 0. The van der Waals surface area contributed by atoms with Gasteiger partial charge in [-0.15, -0.1) is 0 Å². The SMILES string of the molecule is CCSC[C@@H]1[C@@H](C(=O)O)C1(C)C. The smallest absolute Gasteiger partial charge is 0.307 e. The summed E-state index contributed by atoms with van der Waals surface area (Å²) in [6.45, 7) is 6.20. The quantitative estimate of drug-likeness (QED) is 0.734. The molecule has 1 aliphatic carbocycles. The van der Waals surface area contributed by atoms with E-state index in [1.54, 1.807) is 0 Å². The Labute approximate surface area is 77.7 Å². The van der Waals surface area contributed by atoms with Crippen LogP contribution >= 0.6 is 11.8 Å². The number of hydrogen-bond acceptors (Lipinski definition) is 2. The lowest BCUT2D eigenvalue weighted by Crippen LogP contribution is -2.03. The molecule has 2 nitrogen and oxygen atoms in total. The van der Waals surface area contributed by atoms with Gasteiger partial charge in [-0.1, -0.05) is 20.8 Å². The molecule has 0 spiro atoms. The molecule has 12 heavy (non-hydrogen) atoms.